The molecule has 0 bridgehead atoms. The van der Waals surface area contributed by atoms with Gasteiger partial charge in [-0.25, -0.2) is 13.6 Å². The molecular formula is C12H17N3O5S. The molecule has 1 heterocycles. The Morgan fingerprint density at radius 3 is 2.38 bits per heavy atom. The first kappa shape index (κ1) is 15.7. The number of nitrogens with zero attached hydrogens (tertiary/aromatic N) is 2. The lowest BCUT2D eigenvalue weighted by Gasteiger charge is -2.36. The molecular weight excluding hydrogens is 298 g/mol. The maximum Gasteiger partial charge on any atom is 0.293 e. The highest BCUT2D eigenvalue weighted by Gasteiger charge is 2.28. The highest BCUT2D eigenvalue weighted by molar-refractivity contribution is 7.89. The quantitative estimate of drug-likeness (QED) is 0.653. The molecule has 1 aliphatic rings. The average Bonchev–Trinajstić information content (AvgIpc) is 2.35. The number of benzene rings is 1. The minimum Gasteiger partial charge on any atom is -0.372 e. The second kappa shape index (κ2) is 5.58. The van der Waals surface area contributed by atoms with Crippen LogP contribution in [0.2, 0.25) is 0 Å². The number of nitro groups is 1. The Balaban J connectivity index is 2.46. The van der Waals surface area contributed by atoms with Crippen LogP contribution in [-0.2, 0) is 14.8 Å². The van der Waals surface area contributed by atoms with Gasteiger partial charge in [0.05, 0.1) is 22.0 Å². The number of rotatable bonds is 3. The fraction of sp³-hybridized carbons (Fsp3) is 0.500. The van der Waals surface area contributed by atoms with Gasteiger partial charge in [-0.15, -0.1) is 0 Å². The van der Waals surface area contributed by atoms with Crippen molar-refractivity contribution in [3.63, 3.8) is 0 Å². The molecule has 21 heavy (non-hydrogen) atoms. The van der Waals surface area contributed by atoms with Crippen molar-refractivity contribution in [2.24, 2.45) is 5.14 Å². The van der Waals surface area contributed by atoms with E-state index in [9.17, 15) is 18.5 Å². The average molecular weight is 315 g/mol. The third kappa shape index (κ3) is 3.49. The van der Waals surface area contributed by atoms with Crippen LogP contribution in [0, 0.1) is 10.1 Å². The van der Waals surface area contributed by atoms with E-state index < -0.39 is 14.9 Å². The first-order chi connectivity index (χ1) is 9.68. The van der Waals surface area contributed by atoms with Crippen LogP contribution >= 0.6 is 0 Å². The Labute approximate surface area is 122 Å². The second-order valence-corrected chi connectivity index (χ2v) is 6.68. The summed E-state index contributed by atoms with van der Waals surface area (Å²) in [6.45, 7) is 4.76. The molecule has 0 unspecified atom stereocenters. The van der Waals surface area contributed by atoms with Crippen LogP contribution in [0.25, 0.3) is 0 Å². The molecule has 1 aromatic rings. The summed E-state index contributed by atoms with van der Waals surface area (Å²) in [5.41, 5.74) is 0.0947. The van der Waals surface area contributed by atoms with E-state index in [1.807, 2.05) is 18.7 Å². The number of nitro benzene ring substituents is 1. The van der Waals surface area contributed by atoms with Gasteiger partial charge in [-0.3, -0.25) is 10.1 Å². The van der Waals surface area contributed by atoms with Gasteiger partial charge < -0.3 is 9.64 Å². The zero-order valence-electron chi connectivity index (χ0n) is 11.7. The van der Waals surface area contributed by atoms with Crippen molar-refractivity contribution in [1.82, 2.24) is 0 Å². The standard InChI is InChI=1S/C12H17N3O5S/c1-8-6-14(7-9(2)20-8)11-4-3-10(21(13,18)19)5-12(11)15(16)17/h3-5,8-9H,6-7H2,1-2H3,(H2,13,18,19)/t8-,9-/m0/s1. The summed E-state index contributed by atoms with van der Waals surface area (Å²) < 4.78 is 28.2. The monoisotopic (exact) mass is 315 g/mol. The lowest BCUT2D eigenvalue weighted by molar-refractivity contribution is -0.384. The third-order valence-corrected chi connectivity index (χ3v) is 4.14. The fourth-order valence-corrected chi connectivity index (χ4v) is 3.00. The maximum atomic E-state index is 11.3. The van der Waals surface area contributed by atoms with Crippen molar-refractivity contribution in [3.8, 4) is 0 Å². The Hall–Kier alpha value is -1.71. The van der Waals surface area contributed by atoms with E-state index in [0.717, 1.165) is 6.07 Å². The van der Waals surface area contributed by atoms with E-state index in [0.29, 0.717) is 18.8 Å². The van der Waals surface area contributed by atoms with E-state index in [1.165, 1.54) is 12.1 Å². The number of sulfonamides is 1. The van der Waals surface area contributed by atoms with Gasteiger partial charge in [0.15, 0.2) is 0 Å². The SMILES string of the molecule is C[C@H]1CN(c2ccc(S(N)(=O)=O)cc2[N+](=O)[O-])C[C@H](C)O1. The summed E-state index contributed by atoms with van der Waals surface area (Å²) in [5, 5.41) is 16.2. The normalized spacial score (nSPS) is 23.1. The second-order valence-electron chi connectivity index (χ2n) is 5.11. The van der Waals surface area contributed by atoms with Gasteiger partial charge in [0.25, 0.3) is 5.69 Å². The first-order valence-electron chi connectivity index (χ1n) is 6.40. The molecule has 2 rings (SSSR count). The van der Waals surface area contributed by atoms with E-state index in [1.54, 1.807) is 0 Å². The zero-order chi connectivity index (χ0) is 15.8. The minimum atomic E-state index is -3.98. The number of morpholine rings is 1. The Morgan fingerprint density at radius 2 is 1.90 bits per heavy atom. The van der Waals surface area contributed by atoms with Crippen LogP contribution in [0.1, 0.15) is 13.8 Å². The predicted molar refractivity (Wildman–Crippen MR) is 76.7 cm³/mol. The van der Waals surface area contributed by atoms with Gasteiger partial charge in [-0.2, -0.15) is 0 Å². The summed E-state index contributed by atoms with van der Waals surface area (Å²) in [5.74, 6) is 0. The Kier molecular flexibility index (Phi) is 4.17. The van der Waals surface area contributed by atoms with Gasteiger partial charge in [-0.1, -0.05) is 0 Å². The van der Waals surface area contributed by atoms with Crippen LogP contribution in [0.15, 0.2) is 23.1 Å². The molecule has 0 aromatic heterocycles. The summed E-state index contributed by atoms with van der Waals surface area (Å²) in [6.07, 6.45) is -0.127. The van der Waals surface area contributed by atoms with Crippen molar-refractivity contribution < 1.29 is 18.1 Å². The maximum absolute atomic E-state index is 11.3. The topological polar surface area (TPSA) is 116 Å². The highest BCUT2D eigenvalue weighted by Crippen LogP contribution is 2.32. The van der Waals surface area contributed by atoms with Gasteiger partial charge >= 0.3 is 0 Å². The van der Waals surface area contributed by atoms with Crippen molar-refractivity contribution >= 4 is 21.4 Å². The molecule has 2 atom stereocenters. The molecule has 9 heteroatoms. The van der Waals surface area contributed by atoms with Crippen LogP contribution in [-0.4, -0.2) is 38.6 Å². The van der Waals surface area contributed by atoms with Crippen LogP contribution < -0.4 is 10.0 Å². The molecule has 1 saturated heterocycles. The largest absolute Gasteiger partial charge is 0.372 e. The smallest absolute Gasteiger partial charge is 0.293 e. The predicted octanol–water partition coefficient (Wildman–Crippen LogP) is 0.856. The van der Waals surface area contributed by atoms with Gasteiger partial charge in [-0.05, 0) is 26.0 Å². The molecule has 0 spiro atoms. The summed E-state index contributed by atoms with van der Waals surface area (Å²) in [4.78, 5) is 12.2. The summed E-state index contributed by atoms with van der Waals surface area (Å²) in [7, 11) is -3.98. The number of hydrogen-bond donors (Lipinski definition) is 1. The number of nitrogens with two attached hydrogens (primary N) is 1. The Bertz CT molecular complexity index is 651. The molecule has 1 aromatic carbocycles. The van der Waals surface area contributed by atoms with Crippen LogP contribution in [0.4, 0.5) is 11.4 Å². The summed E-state index contributed by atoms with van der Waals surface area (Å²) in [6, 6.07) is 3.70. The van der Waals surface area contributed by atoms with Gasteiger partial charge in [0, 0.05) is 19.2 Å². The number of primary sulfonamides is 1. The summed E-state index contributed by atoms with van der Waals surface area (Å²) >= 11 is 0. The third-order valence-electron chi connectivity index (χ3n) is 3.23. The number of hydrogen-bond acceptors (Lipinski definition) is 6. The van der Waals surface area contributed by atoms with Crippen LogP contribution in [0.5, 0.6) is 0 Å². The molecule has 1 fully saturated rings. The van der Waals surface area contributed by atoms with E-state index in [-0.39, 0.29) is 22.8 Å². The lowest BCUT2D eigenvalue weighted by Crippen LogP contribution is -2.45. The fourth-order valence-electron chi connectivity index (χ4n) is 2.47. The molecule has 1 aliphatic heterocycles. The van der Waals surface area contributed by atoms with Crippen molar-refractivity contribution in [2.45, 2.75) is 31.0 Å². The highest BCUT2D eigenvalue weighted by atomic mass is 32.2. The lowest BCUT2D eigenvalue weighted by atomic mass is 10.2. The van der Waals surface area contributed by atoms with Crippen molar-refractivity contribution in [3.05, 3.63) is 28.3 Å². The van der Waals surface area contributed by atoms with Crippen LogP contribution in [0.3, 0.4) is 0 Å². The first-order valence-corrected chi connectivity index (χ1v) is 7.94. The molecule has 2 N–H and O–H groups in total. The molecule has 0 saturated carbocycles. The van der Waals surface area contributed by atoms with E-state index in [4.69, 9.17) is 9.88 Å². The molecule has 116 valence electrons. The van der Waals surface area contributed by atoms with E-state index >= 15 is 0 Å². The Morgan fingerprint density at radius 1 is 1.33 bits per heavy atom. The van der Waals surface area contributed by atoms with E-state index in [2.05, 4.69) is 0 Å². The number of anilines is 1. The van der Waals surface area contributed by atoms with Crippen molar-refractivity contribution in [1.29, 1.82) is 0 Å². The zero-order valence-corrected chi connectivity index (χ0v) is 12.5. The van der Waals surface area contributed by atoms with Crippen molar-refractivity contribution in [2.75, 3.05) is 18.0 Å². The minimum absolute atomic E-state index is 0.0636. The molecule has 0 radical (unpaired) electrons. The molecule has 8 nitrogen and oxygen atoms in total. The van der Waals surface area contributed by atoms with Gasteiger partial charge in [0.2, 0.25) is 10.0 Å². The number of ether oxygens (including phenoxy) is 1. The molecule has 0 aliphatic carbocycles. The van der Waals surface area contributed by atoms with Gasteiger partial charge in [0.1, 0.15) is 5.69 Å². The molecule has 0 amide bonds.